The van der Waals surface area contributed by atoms with Crippen molar-refractivity contribution in [3.63, 3.8) is 0 Å². The second kappa shape index (κ2) is 12.1. The Labute approximate surface area is 230 Å². The average molecular weight is 559 g/mol. The zero-order chi connectivity index (χ0) is 28.3. The fraction of sp³-hybridized carbons (Fsp3) is 0.517. The van der Waals surface area contributed by atoms with Crippen LogP contribution in [0.25, 0.3) is 0 Å². The molecule has 0 radical (unpaired) electrons. The SMILES string of the molecule is COc1ccc(C(=O)Nc2ccc3c(c2)[C@H](OC)[C@@H](C)[C@H](C(CC(=O)N2CCC[C@H]2CO)[Si](C)(C)F)O3)cc1. The Bertz CT molecular complexity index is 1170. The first-order valence-corrected chi connectivity index (χ1v) is 16.4. The van der Waals surface area contributed by atoms with E-state index in [0.717, 1.165) is 18.4 Å². The number of benzene rings is 2. The molecular weight excluding hydrogens is 519 g/mol. The number of halogens is 1. The maximum Gasteiger partial charge on any atom is 0.255 e. The molecule has 2 heterocycles. The largest absolute Gasteiger partial charge is 0.497 e. The van der Waals surface area contributed by atoms with E-state index in [1.165, 1.54) is 0 Å². The summed E-state index contributed by atoms with van der Waals surface area (Å²) in [5.74, 6) is 0.570. The molecular formula is C29H39FN2O6Si. The molecule has 4 rings (SSSR count). The van der Waals surface area contributed by atoms with Gasteiger partial charge in [0.05, 0.1) is 25.9 Å². The first-order chi connectivity index (χ1) is 18.6. The molecule has 0 aliphatic carbocycles. The molecule has 10 heteroatoms. The van der Waals surface area contributed by atoms with Gasteiger partial charge in [-0.3, -0.25) is 9.59 Å². The lowest BCUT2D eigenvalue weighted by Crippen LogP contribution is -2.48. The first kappa shape index (κ1) is 29.0. The molecule has 0 bridgehead atoms. The highest BCUT2D eigenvalue weighted by Gasteiger charge is 2.49. The van der Waals surface area contributed by atoms with Crippen LogP contribution in [0, 0.1) is 5.92 Å². The zero-order valence-electron chi connectivity index (χ0n) is 23.3. The van der Waals surface area contributed by atoms with E-state index in [1.54, 1.807) is 68.6 Å². The van der Waals surface area contributed by atoms with Gasteiger partial charge in [0.2, 0.25) is 14.3 Å². The van der Waals surface area contributed by atoms with E-state index in [9.17, 15) is 14.7 Å². The molecule has 2 aliphatic rings. The minimum Gasteiger partial charge on any atom is -0.497 e. The maximum atomic E-state index is 15.8. The Morgan fingerprint density at radius 1 is 1.21 bits per heavy atom. The van der Waals surface area contributed by atoms with Gasteiger partial charge in [0.15, 0.2) is 0 Å². The van der Waals surface area contributed by atoms with Gasteiger partial charge in [0.1, 0.15) is 17.6 Å². The summed E-state index contributed by atoms with van der Waals surface area (Å²) in [5, 5.41) is 12.6. The van der Waals surface area contributed by atoms with E-state index in [2.05, 4.69) is 5.32 Å². The van der Waals surface area contributed by atoms with Gasteiger partial charge in [-0.25, -0.2) is 0 Å². The molecule has 212 valence electrons. The Morgan fingerprint density at radius 3 is 2.54 bits per heavy atom. The monoisotopic (exact) mass is 558 g/mol. The highest BCUT2D eigenvalue weighted by molar-refractivity contribution is 6.72. The molecule has 39 heavy (non-hydrogen) atoms. The quantitative estimate of drug-likeness (QED) is 0.334. The predicted octanol–water partition coefficient (Wildman–Crippen LogP) is 4.95. The molecule has 1 fully saturated rings. The Hall–Kier alpha value is -2.95. The summed E-state index contributed by atoms with van der Waals surface area (Å²) < 4.78 is 33.3. The second-order valence-corrected chi connectivity index (χ2v) is 14.8. The van der Waals surface area contributed by atoms with Gasteiger partial charge in [-0.15, -0.1) is 0 Å². The molecule has 2 aliphatic heterocycles. The number of likely N-dealkylation sites (tertiary alicyclic amines) is 1. The number of fused-ring (bicyclic) bond motifs is 1. The van der Waals surface area contributed by atoms with Gasteiger partial charge < -0.3 is 33.6 Å². The van der Waals surface area contributed by atoms with Crippen molar-refractivity contribution >= 4 is 25.9 Å². The minimum absolute atomic E-state index is 0.0308. The van der Waals surface area contributed by atoms with Gasteiger partial charge in [-0.1, -0.05) is 6.92 Å². The van der Waals surface area contributed by atoms with Crippen molar-refractivity contribution in [3.8, 4) is 11.5 Å². The minimum atomic E-state index is -3.36. The second-order valence-electron chi connectivity index (χ2n) is 11.0. The zero-order valence-corrected chi connectivity index (χ0v) is 24.3. The van der Waals surface area contributed by atoms with Crippen LogP contribution in [0.2, 0.25) is 18.6 Å². The van der Waals surface area contributed by atoms with Crippen molar-refractivity contribution in [1.82, 2.24) is 4.90 Å². The summed E-state index contributed by atoms with van der Waals surface area (Å²) in [7, 11) is -0.189. The highest BCUT2D eigenvalue weighted by Crippen LogP contribution is 2.48. The average Bonchev–Trinajstić information content (AvgIpc) is 3.40. The van der Waals surface area contributed by atoms with Gasteiger partial charge in [-0.05, 0) is 68.4 Å². The molecule has 0 spiro atoms. The summed E-state index contributed by atoms with van der Waals surface area (Å²) >= 11 is 0. The van der Waals surface area contributed by atoms with Crippen molar-refractivity contribution in [2.75, 3.05) is 32.7 Å². The lowest BCUT2D eigenvalue weighted by Gasteiger charge is -2.43. The third kappa shape index (κ3) is 6.28. The highest BCUT2D eigenvalue weighted by atomic mass is 28.4. The van der Waals surface area contributed by atoms with E-state index < -0.39 is 26.2 Å². The van der Waals surface area contributed by atoms with Gasteiger partial charge >= 0.3 is 0 Å². The van der Waals surface area contributed by atoms with Crippen LogP contribution in [0.1, 0.15) is 48.2 Å². The fourth-order valence-corrected chi connectivity index (χ4v) is 7.62. The van der Waals surface area contributed by atoms with E-state index in [1.807, 2.05) is 13.0 Å². The number of aliphatic hydroxyl groups is 1. The number of carbonyl (C=O) groups excluding carboxylic acids is 2. The van der Waals surface area contributed by atoms with Crippen LogP contribution >= 0.6 is 0 Å². The molecule has 8 nitrogen and oxygen atoms in total. The van der Waals surface area contributed by atoms with Crippen molar-refractivity contribution in [3.05, 3.63) is 53.6 Å². The number of methoxy groups -OCH3 is 2. The smallest absolute Gasteiger partial charge is 0.255 e. The number of anilines is 1. The van der Waals surface area contributed by atoms with E-state index in [4.69, 9.17) is 14.2 Å². The van der Waals surface area contributed by atoms with Crippen LogP contribution in [0.4, 0.5) is 9.80 Å². The molecule has 2 aromatic rings. The number of amides is 2. The van der Waals surface area contributed by atoms with Crippen LogP contribution in [0.15, 0.2) is 42.5 Å². The number of rotatable bonds is 9. The number of carbonyl (C=O) groups is 2. The molecule has 0 aromatic heterocycles. The Kier molecular flexibility index (Phi) is 8.98. The topological polar surface area (TPSA) is 97.3 Å². The van der Waals surface area contributed by atoms with Crippen molar-refractivity contribution in [2.45, 2.75) is 63.1 Å². The van der Waals surface area contributed by atoms with E-state index in [0.29, 0.717) is 29.3 Å². The summed E-state index contributed by atoms with van der Waals surface area (Å²) in [6.45, 7) is 5.68. The Morgan fingerprint density at radius 2 is 1.92 bits per heavy atom. The van der Waals surface area contributed by atoms with Crippen molar-refractivity contribution in [1.29, 1.82) is 0 Å². The maximum absolute atomic E-state index is 15.8. The molecule has 2 aromatic carbocycles. The number of ether oxygens (including phenoxy) is 3. The van der Waals surface area contributed by atoms with Crippen molar-refractivity contribution < 1.29 is 33.0 Å². The molecule has 0 saturated carbocycles. The number of aliphatic hydroxyl groups excluding tert-OH is 1. The molecule has 2 N–H and O–H groups in total. The van der Waals surface area contributed by atoms with Crippen LogP contribution in [-0.4, -0.2) is 69.7 Å². The number of nitrogens with zero attached hydrogens (tertiary/aromatic N) is 1. The summed E-state index contributed by atoms with van der Waals surface area (Å²) in [5.41, 5.74) is 1.24. The third-order valence-electron chi connectivity index (χ3n) is 8.02. The Balaban J connectivity index is 1.56. The molecule has 2 amide bonds. The molecule has 5 atom stereocenters. The lowest BCUT2D eigenvalue weighted by molar-refractivity contribution is -0.133. The van der Waals surface area contributed by atoms with Crippen LogP contribution in [0.5, 0.6) is 11.5 Å². The fourth-order valence-electron chi connectivity index (χ4n) is 5.81. The van der Waals surface area contributed by atoms with Crippen molar-refractivity contribution in [2.24, 2.45) is 5.92 Å². The van der Waals surface area contributed by atoms with E-state index in [-0.39, 0.29) is 36.8 Å². The van der Waals surface area contributed by atoms with E-state index >= 15 is 4.11 Å². The summed E-state index contributed by atoms with van der Waals surface area (Å²) in [6.07, 6.45) is 0.653. The first-order valence-electron chi connectivity index (χ1n) is 13.5. The molecule has 1 saturated heterocycles. The summed E-state index contributed by atoms with van der Waals surface area (Å²) in [6, 6.07) is 12.0. The number of hydrogen-bond donors (Lipinski definition) is 2. The van der Waals surface area contributed by atoms with Gasteiger partial charge in [0, 0.05) is 48.3 Å². The molecule has 1 unspecified atom stereocenters. The third-order valence-corrected chi connectivity index (χ3v) is 10.3. The van der Waals surface area contributed by atoms with Crippen LogP contribution in [0.3, 0.4) is 0 Å². The number of nitrogens with one attached hydrogen (secondary N) is 1. The number of hydrogen-bond acceptors (Lipinski definition) is 6. The summed E-state index contributed by atoms with van der Waals surface area (Å²) in [4.78, 5) is 27.8. The van der Waals surface area contributed by atoms with Crippen LogP contribution in [-0.2, 0) is 9.53 Å². The lowest BCUT2D eigenvalue weighted by atomic mass is 9.86. The van der Waals surface area contributed by atoms with Gasteiger partial charge in [0.25, 0.3) is 5.91 Å². The normalized spacial score (nSPS) is 23.5. The standard InChI is InChI=1S/C29H39FN2O6Si/c1-18-27(37-3)23-15-20(31-29(35)19-8-11-22(36-2)12-9-19)10-13-24(23)38-28(18)25(39(4,5)30)16-26(34)32-14-6-7-21(32)17-33/h8-13,15,18,21,25,27-28,33H,6-7,14,16-17H2,1-5H3,(H,31,35)/t18-,21+,25?,27-,28-/m1/s1. The van der Waals surface area contributed by atoms with Crippen LogP contribution < -0.4 is 14.8 Å². The van der Waals surface area contributed by atoms with Gasteiger partial charge in [-0.2, -0.15) is 0 Å². The predicted molar refractivity (Wildman–Crippen MR) is 149 cm³/mol.